The van der Waals surface area contributed by atoms with Crippen molar-refractivity contribution in [1.82, 2.24) is 0 Å². The number of aliphatic hydroxyl groups is 1. The van der Waals surface area contributed by atoms with Crippen LogP contribution in [0.1, 0.15) is 44.9 Å². The van der Waals surface area contributed by atoms with Crippen molar-refractivity contribution in [2.45, 2.75) is 51.0 Å². The second-order valence-electron chi connectivity index (χ2n) is 3.96. The number of allylic oxidation sites excluding steroid dienone is 1. The van der Waals surface area contributed by atoms with Gasteiger partial charge in [0.1, 0.15) is 0 Å². The van der Waals surface area contributed by atoms with Crippen LogP contribution in [0, 0.1) is 11.3 Å². The number of hydrogen-bond acceptors (Lipinski definition) is 3. The summed E-state index contributed by atoms with van der Waals surface area (Å²) in [6, 6.07) is 2.11. The third-order valence-electron chi connectivity index (χ3n) is 2.63. The zero-order valence-electron chi connectivity index (χ0n) is 8.91. The van der Waals surface area contributed by atoms with E-state index >= 15 is 0 Å². The van der Waals surface area contributed by atoms with Crippen LogP contribution in [0.15, 0.2) is 11.6 Å². The fourth-order valence-electron chi connectivity index (χ4n) is 1.80. The van der Waals surface area contributed by atoms with E-state index in [-0.39, 0.29) is 12.2 Å². The number of Topliss-reactive ketones (excluding diaryl/α,β-unsaturated/α-hetero) is 1. The van der Waals surface area contributed by atoms with Crippen LogP contribution in [0.4, 0.5) is 0 Å². The Labute approximate surface area is 90.4 Å². The van der Waals surface area contributed by atoms with Gasteiger partial charge in [0.25, 0.3) is 0 Å². The van der Waals surface area contributed by atoms with Gasteiger partial charge in [0.05, 0.1) is 12.2 Å². The van der Waals surface area contributed by atoms with Crippen LogP contribution in [0.2, 0.25) is 0 Å². The molecule has 1 aliphatic carbocycles. The van der Waals surface area contributed by atoms with Crippen molar-refractivity contribution in [1.29, 1.82) is 5.26 Å². The molecule has 1 unspecified atom stereocenters. The van der Waals surface area contributed by atoms with Crippen LogP contribution < -0.4 is 0 Å². The molecule has 0 aromatic carbocycles. The number of rotatable bonds is 6. The molecule has 3 heteroatoms. The van der Waals surface area contributed by atoms with Crippen LogP contribution in [-0.4, -0.2) is 17.0 Å². The first-order valence-corrected chi connectivity index (χ1v) is 5.53. The molecule has 0 aromatic heterocycles. The van der Waals surface area contributed by atoms with Gasteiger partial charge in [0.2, 0.25) is 0 Å². The van der Waals surface area contributed by atoms with E-state index in [1.807, 2.05) is 0 Å². The van der Waals surface area contributed by atoms with E-state index in [0.29, 0.717) is 6.42 Å². The summed E-state index contributed by atoms with van der Waals surface area (Å²) in [7, 11) is 0. The fraction of sp³-hybridized carbons (Fsp3) is 0.667. The molecule has 0 aromatic rings. The number of carbonyl (C=O) groups excluding carboxylic acids is 1. The fourth-order valence-corrected chi connectivity index (χ4v) is 1.80. The van der Waals surface area contributed by atoms with Gasteiger partial charge in [-0.15, -0.1) is 0 Å². The van der Waals surface area contributed by atoms with E-state index < -0.39 is 6.10 Å². The second-order valence-corrected chi connectivity index (χ2v) is 3.96. The highest BCUT2D eigenvalue weighted by atomic mass is 16.3. The molecular weight excluding hydrogens is 190 g/mol. The molecule has 0 heterocycles. The number of aliphatic hydroxyl groups excluding tert-OH is 1. The van der Waals surface area contributed by atoms with E-state index in [1.54, 1.807) is 6.08 Å². The standard InChI is InChI=1S/C12H17NO2/c13-7-5-3-1-2-4-6-10-8-11(14)9-12(10)15/h8,11,14H,1-6,9H2. The number of unbranched alkanes of at least 4 members (excludes halogenated alkanes) is 4. The van der Waals surface area contributed by atoms with Crippen molar-refractivity contribution in [3.63, 3.8) is 0 Å². The van der Waals surface area contributed by atoms with Gasteiger partial charge in [0.15, 0.2) is 5.78 Å². The zero-order chi connectivity index (χ0) is 11.1. The second kappa shape index (κ2) is 6.36. The number of nitriles is 1. The molecule has 0 amide bonds. The van der Waals surface area contributed by atoms with E-state index in [2.05, 4.69) is 6.07 Å². The monoisotopic (exact) mass is 207 g/mol. The topological polar surface area (TPSA) is 61.1 Å². The molecule has 0 radical (unpaired) electrons. The molecule has 15 heavy (non-hydrogen) atoms. The first kappa shape index (κ1) is 11.9. The Hall–Kier alpha value is -1.14. The number of ketones is 1. The molecule has 1 rings (SSSR count). The predicted molar refractivity (Wildman–Crippen MR) is 57.0 cm³/mol. The Morgan fingerprint density at radius 1 is 1.40 bits per heavy atom. The molecule has 1 atom stereocenters. The van der Waals surface area contributed by atoms with Gasteiger partial charge in [-0.3, -0.25) is 4.79 Å². The zero-order valence-corrected chi connectivity index (χ0v) is 8.91. The lowest BCUT2D eigenvalue weighted by Crippen LogP contribution is -2.01. The summed E-state index contributed by atoms with van der Waals surface area (Å²) in [4.78, 5) is 11.3. The van der Waals surface area contributed by atoms with Crippen LogP contribution in [0.3, 0.4) is 0 Å². The molecule has 0 aliphatic heterocycles. The Morgan fingerprint density at radius 3 is 2.73 bits per heavy atom. The van der Waals surface area contributed by atoms with Crippen LogP contribution in [-0.2, 0) is 4.79 Å². The Balaban J connectivity index is 2.08. The minimum atomic E-state index is -0.550. The van der Waals surface area contributed by atoms with Crippen molar-refractivity contribution in [2.24, 2.45) is 0 Å². The first-order valence-electron chi connectivity index (χ1n) is 5.53. The van der Waals surface area contributed by atoms with Gasteiger partial charge in [-0.25, -0.2) is 0 Å². The lowest BCUT2D eigenvalue weighted by atomic mass is 10.0. The number of hydrogen-bond donors (Lipinski definition) is 1. The van der Waals surface area contributed by atoms with Crippen LogP contribution in [0.5, 0.6) is 0 Å². The van der Waals surface area contributed by atoms with Gasteiger partial charge < -0.3 is 5.11 Å². The van der Waals surface area contributed by atoms with E-state index in [4.69, 9.17) is 5.26 Å². The largest absolute Gasteiger partial charge is 0.389 e. The molecule has 0 saturated carbocycles. The minimum absolute atomic E-state index is 0.0968. The molecule has 0 bridgehead atoms. The summed E-state index contributed by atoms with van der Waals surface area (Å²) in [5.74, 6) is 0.0968. The quantitative estimate of drug-likeness (QED) is 0.678. The lowest BCUT2D eigenvalue weighted by molar-refractivity contribution is -0.115. The molecule has 0 saturated heterocycles. The summed E-state index contributed by atoms with van der Waals surface area (Å²) >= 11 is 0. The molecule has 0 spiro atoms. The Bertz CT molecular complexity index is 288. The van der Waals surface area contributed by atoms with E-state index in [1.165, 1.54) is 0 Å². The van der Waals surface area contributed by atoms with Gasteiger partial charge in [0, 0.05) is 12.8 Å². The molecule has 1 N–H and O–H groups in total. The van der Waals surface area contributed by atoms with E-state index in [9.17, 15) is 9.90 Å². The average molecular weight is 207 g/mol. The Morgan fingerprint density at radius 2 is 2.13 bits per heavy atom. The molecule has 0 fully saturated rings. The normalized spacial score (nSPS) is 20.1. The molecule has 3 nitrogen and oxygen atoms in total. The summed E-state index contributed by atoms with van der Waals surface area (Å²) in [5, 5.41) is 17.5. The summed E-state index contributed by atoms with van der Waals surface area (Å²) in [5.41, 5.74) is 0.794. The third kappa shape index (κ3) is 4.26. The maximum absolute atomic E-state index is 11.3. The van der Waals surface area contributed by atoms with Crippen molar-refractivity contribution in [3.8, 4) is 6.07 Å². The highest BCUT2D eigenvalue weighted by Gasteiger charge is 2.20. The third-order valence-corrected chi connectivity index (χ3v) is 2.63. The average Bonchev–Trinajstić information content (AvgIpc) is 2.51. The van der Waals surface area contributed by atoms with E-state index in [0.717, 1.165) is 37.7 Å². The van der Waals surface area contributed by atoms with Crippen LogP contribution in [0.25, 0.3) is 0 Å². The molecule has 1 aliphatic rings. The van der Waals surface area contributed by atoms with Gasteiger partial charge in [-0.1, -0.05) is 12.8 Å². The van der Waals surface area contributed by atoms with Crippen molar-refractivity contribution in [2.75, 3.05) is 0 Å². The summed E-state index contributed by atoms with van der Waals surface area (Å²) in [6.45, 7) is 0. The van der Waals surface area contributed by atoms with Crippen LogP contribution >= 0.6 is 0 Å². The summed E-state index contributed by atoms with van der Waals surface area (Å²) in [6.07, 6.45) is 6.84. The number of nitrogens with zero attached hydrogens (tertiary/aromatic N) is 1. The van der Waals surface area contributed by atoms with Crippen molar-refractivity contribution < 1.29 is 9.90 Å². The smallest absolute Gasteiger partial charge is 0.161 e. The SMILES string of the molecule is N#CCCCCCCC1=CC(O)CC1=O. The number of carbonyl (C=O) groups is 1. The highest BCUT2D eigenvalue weighted by Crippen LogP contribution is 2.20. The first-order chi connectivity index (χ1) is 7.24. The minimum Gasteiger partial charge on any atom is -0.389 e. The highest BCUT2D eigenvalue weighted by molar-refractivity contribution is 5.98. The van der Waals surface area contributed by atoms with Crippen molar-refractivity contribution >= 4 is 5.78 Å². The molecular formula is C12H17NO2. The van der Waals surface area contributed by atoms with Gasteiger partial charge >= 0.3 is 0 Å². The molecule has 82 valence electrons. The maximum atomic E-state index is 11.3. The lowest BCUT2D eigenvalue weighted by Gasteiger charge is -1.99. The van der Waals surface area contributed by atoms with Gasteiger partial charge in [-0.05, 0) is 30.9 Å². The van der Waals surface area contributed by atoms with Crippen molar-refractivity contribution in [3.05, 3.63) is 11.6 Å². The Kier molecular flexibility index (Phi) is 5.06. The maximum Gasteiger partial charge on any atom is 0.161 e. The predicted octanol–water partition coefficient (Wildman–Crippen LogP) is 2.11. The summed E-state index contributed by atoms with van der Waals surface area (Å²) < 4.78 is 0. The van der Waals surface area contributed by atoms with Gasteiger partial charge in [-0.2, -0.15) is 5.26 Å².